The molecule has 1 aromatic rings. The van der Waals surface area contributed by atoms with Crippen LogP contribution in [-0.2, 0) is 9.59 Å². The van der Waals surface area contributed by atoms with Crippen LogP contribution in [0.5, 0.6) is 5.75 Å². The first-order valence-corrected chi connectivity index (χ1v) is 10.7. The van der Waals surface area contributed by atoms with Crippen molar-refractivity contribution in [3.8, 4) is 5.75 Å². The number of rotatable bonds is 9. The number of phenolic OH excluding ortho intramolecular Hbond substituents is 1. The minimum absolute atomic E-state index is 0.0830. The number of carbonyl (C=O) groups is 3. The second kappa shape index (κ2) is 14.0. The van der Waals surface area contributed by atoms with Gasteiger partial charge in [-0.15, -0.1) is 0 Å². The zero-order valence-corrected chi connectivity index (χ0v) is 18.4. The fourth-order valence-corrected chi connectivity index (χ4v) is 3.50. The topological polar surface area (TPSA) is 177 Å². The van der Waals surface area contributed by atoms with E-state index in [0.29, 0.717) is 16.9 Å². The summed E-state index contributed by atoms with van der Waals surface area (Å²) in [4.78, 5) is 36.0. The van der Waals surface area contributed by atoms with Crippen molar-refractivity contribution in [2.24, 2.45) is 22.5 Å². The molecular formula is C20H30N6O4S. The van der Waals surface area contributed by atoms with Gasteiger partial charge in [0.15, 0.2) is 5.84 Å². The van der Waals surface area contributed by atoms with Crippen molar-refractivity contribution >= 4 is 34.7 Å². The fourth-order valence-electron chi connectivity index (χ4n) is 2.63. The minimum Gasteiger partial charge on any atom is -0.507 e. The predicted molar refractivity (Wildman–Crippen MR) is 122 cm³/mol. The van der Waals surface area contributed by atoms with Crippen LogP contribution in [0.25, 0.3) is 0 Å². The van der Waals surface area contributed by atoms with Crippen molar-refractivity contribution in [1.82, 2.24) is 10.3 Å². The van der Waals surface area contributed by atoms with Gasteiger partial charge >= 0.3 is 0 Å². The summed E-state index contributed by atoms with van der Waals surface area (Å²) in [6, 6.07) is 6.62. The van der Waals surface area contributed by atoms with E-state index in [1.54, 1.807) is 18.2 Å². The number of amides is 3. The highest BCUT2D eigenvalue weighted by atomic mass is 32.2. The van der Waals surface area contributed by atoms with E-state index >= 15 is 0 Å². The molecule has 0 spiro atoms. The molecule has 1 aliphatic rings. The van der Waals surface area contributed by atoms with Gasteiger partial charge in [-0.05, 0) is 43.2 Å². The van der Waals surface area contributed by atoms with Crippen molar-refractivity contribution in [3.05, 3.63) is 40.8 Å². The summed E-state index contributed by atoms with van der Waals surface area (Å²) in [5.74, 6) is 9.80. The Morgan fingerprint density at radius 3 is 2.55 bits per heavy atom. The maximum atomic E-state index is 12.0. The van der Waals surface area contributed by atoms with Gasteiger partial charge in [-0.1, -0.05) is 38.0 Å². The third-order valence-electron chi connectivity index (χ3n) is 4.24. The lowest BCUT2D eigenvalue weighted by Gasteiger charge is -2.10. The van der Waals surface area contributed by atoms with E-state index in [9.17, 15) is 19.5 Å². The summed E-state index contributed by atoms with van der Waals surface area (Å²) in [7, 11) is 0. The highest BCUT2D eigenvalue weighted by Gasteiger charge is 2.34. The van der Waals surface area contributed by atoms with E-state index in [4.69, 9.17) is 17.4 Å². The van der Waals surface area contributed by atoms with Crippen LogP contribution in [0, 0.1) is 0 Å². The molecule has 2 rings (SSSR count). The zero-order valence-electron chi connectivity index (χ0n) is 17.5. The van der Waals surface area contributed by atoms with Crippen LogP contribution in [0.2, 0.25) is 0 Å². The van der Waals surface area contributed by atoms with Gasteiger partial charge < -0.3 is 22.1 Å². The summed E-state index contributed by atoms with van der Waals surface area (Å²) >= 11 is 0.981. The number of nitrogens with zero attached hydrogens (tertiary/aromatic N) is 2. The Kier molecular flexibility index (Phi) is 11.8. The van der Waals surface area contributed by atoms with Crippen LogP contribution < -0.4 is 22.8 Å². The minimum atomic E-state index is -0.415. The lowest BCUT2D eigenvalue weighted by molar-refractivity contribution is -0.123. The number of nitrogens with one attached hydrogen (secondary N) is 1. The van der Waals surface area contributed by atoms with Crippen molar-refractivity contribution in [1.29, 1.82) is 0 Å². The number of unbranched alkanes of at least 4 members (excludes halogenated alkanes) is 3. The van der Waals surface area contributed by atoms with E-state index in [-0.39, 0.29) is 35.7 Å². The van der Waals surface area contributed by atoms with Gasteiger partial charge in [0.25, 0.3) is 11.1 Å². The maximum absolute atomic E-state index is 12.0. The number of hydrogen-bond acceptors (Lipinski definition) is 8. The first kappa shape index (κ1) is 26.0. The van der Waals surface area contributed by atoms with Crippen molar-refractivity contribution < 1.29 is 19.5 Å². The highest BCUT2D eigenvalue weighted by Crippen LogP contribution is 2.31. The molecule has 1 fully saturated rings. The molecule has 0 aromatic heterocycles. The Morgan fingerprint density at radius 1 is 1.26 bits per heavy atom. The van der Waals surface area contributed by atoms with Gasteiger partial charge in [0, 0.05) is 13.0 Å². The Balaban J connectivity index is 0.000000343. The number of primary amides is 1. The molecule has 0 bridgehead atoms. The molecule has 0 atom stereocenters. The number of thioether (sulfide) groups is 1. The van der Waals surface area contributed by atoms with Crippen LogP contribution in [0.3, 0.4) is 0 Å². The smallest absolute Gasteiger partial charge is 0.293 e. The number of nitrogens with two attached hydrogens (primary N) is 3. The second-order valence-electron chi connectivity index (χ2n) is 6.60. The van der Waals surface area contributed by atoms with Crippen LogP contribution in [-0.4, -0.2) is 39.4 Å². The Bertz CT molecular complexity index is 828. The number of para-hydroxylation sites is 1. The number of allylic oxidation sites excluding steroid dienone is 1. The number of aromatic hydroxyl groups is 1. The third-order valence-corrected chi connectivity index (χ3v) is 5.20. The molecule has 10 nitrogen and oxygen atoms in total. The monoisotopic (exact) mass is 450 g/mol. The second-order valence-corrected chi connectivity index (χ2v) is 7.59. The van der Waals surface area contributed by atoms with Gasteiger partial charge in [-0.2, -0.15) is 5.10 Å². The summed E-state index contributed by atoms with van der Waals surface area (Å²) in [5.41, 5.74) is 7.77. The predicted octanol–water partition coefficient (Wildman–Crippen LogP) is 1.89. The number of hydrogen-bond donors (Lipinski definition) is 5. The summed E-state index contributed by atoms with van der Waals surface area (Å²) < 4.78 is 0. The van der Waals surface area contributed by atoms with Crippen LogP contribution in [0.4, 0.5) is 4.79 Å². The van der Waals surface area contributed by atoms with Gasteiger partial charge in [-0.3, -0.25) is 19.3 Å². The largest absolute Gasteiger partial charge is 0.507 e. The molecule has 1 saturated heterocycles. The average Bonchev–Trinajstić information content (AvgIpc) is 3.01. The number of imide groups is 1. The SMILES string of the molecule is CCCCC/C=C1\SC(=O)N(CCCC(N)=O)C1=O.N/N=C(\NN)c1ccccc1O. The number of benzene rings is 1. The van der Waals surface area contributed by atoms with E-state index in [1.165, 1.54) is 11.0 Å². The third kappa shape index (κ3) is 8.69. The molecule has 170 valence electrons. The number of hydrazine groups is 1. The van der Waals surface area contributed by atoms with E-state index in [2.05, 4.69) is 17.5 Å². The van der Waals surface area contributed by atoms with Crippen LogP contribution in [0.15, 0.2) is 40.3 Å². The van der Waals surface area contributed by atoms with E-state index in [1.807, 2.05) is 6.08 Å². The fraction of sp³-hybridized carbons (Fsp3) is 0.400. The van der Waals surface area contributed by atoms with Crippen molar-refractivity contribution in [2.45, 2.75) is 45.4 Å². The number of amidine groups is 1. The zero-order chi connectivity index (χ0) is 23.2. The van der Waals surface area contributed by atoms with Gasteiger partial charge in [-0.25, -0.2) is 5.84 Å². The number of hydrazone groups is 1. The molecule has 3 amide bonds. The molecule has 1 aliphatic heterocycles. The quantitative estimate of drug-likeness (QED) is 0.0945. The summed E-state index contributed by atoms with van der Waals surface area (Å²) in [5, 5.41) is 12.4. The van der Waals surface area contributed by atoms with Crippen LogP contribution in [0.1, 0.15) is 51.0 Å². The van der Waals surface area contributed by atoms with Crippen LogP contribution >= 0.6 is 11.8 Å². The standard InChI is InChI=1S/C13H20N2O3S.C7H10N4O/c1-2-3-4-5-7-10-12(17)15(13(18)19-10)9-6-8-11(14)16;8-10-7(11-9)5-3-1-2-4-6(5)12/h7H,2-6,8-9H2,1H3,(H2,14,16);1-4,12H,8-9H2,(H,10,11)/b10-7-;. The Morgan fingerprint density at radius 2 is 1.97 bits per heavy atom. The highest BCUT2D eigenvalue weighted by molar-refractivity contribution is 8.18. The molecule has 1 aromatic carbocycles. The van der Waals surface area contributed by atoms with Gasteiger partial charge in [0.05, 0.1) is 10.5 Å². The van der Waals surface area contributed by atoms with E-state index in [0.717, 1.165) is 37.4 Å². The molecule has 31 heavy (non-hydrogen) atoms. The molecule has 1 heterocycles. The average molecular weight is 451 g/mol. The maximum Gasteiger partial charge on any atom is 0.293 e. The van der Waals surface area contributed by atoms with Crippen molar-refractivity contribution in [3.63, 3.8) is 0 Å². The summed E-state index contributed by atoms with van der Waals surface area (Å²) in [6.07, 6.45) is 6.57. The summed E-state index contributed by atoms with van der Waals surface area (Å²) in [6.45, 7) is 2.38. The molecule has 11 heteroatoms. The normalized spacial score (nSPS) is 15.1. The number of phenols is 1. The van der Waals surface area contributed by atoms with Gasteiger partial charge in [0.1, 0.15) is 5.75 Å². The molecule has 0 unspecified atom stereocenters. The Hall–Kier alpha value is -3.05. The molecular weight excluding hydrogens is 420 g/mol. The van der Waals surface area contributed by atoms with E-state index < -0.39 is 5.91 Å². The lowest BCUT2D eigenvalue weighted by atomic mass is 10.2. The Labute approximate surface area is 185 Å². The molecule has 8 N–H and O–H groups in total. The lowest BCUT2D eigenvalue weighted by Crippen LogP contribution is -2.32. The first-order chi connectivity index (χ1) is 14.8. The molecule has 0 saturated carbocycles. The first-order valence-electron chi connectivity index (χ1n) is 9.90. The number of carbonyl (C=O) groups excluding carboxylic acids is 3. The van der Waals surface area contributed by atoms with Gasteiger partial charge in [0.2, 0.25) is 5.91 Å². The molecule has 0 aliphatic carbocycles. The van der Waals surface area contributed by atoms with Crippen molar-refractivity contribution in [2.75, 3.05) is 6.54 Å². The molecule has 0 radical (unpaired) electrons.